The maximum atomic E-state index is 11.8. The van der Waals surface area contributed by atoms with E-state index in [1.165, 1.54) is 12.3 Å². The topological polar surface area (TPSA) is 119 Å². The Morgan fingerprint density at radius 2 is 2.37 bits per heavy atom. The molecule has 2 aromatic rings. The molecule has 0 aliphatic heterocycles. The van der Waals surface area contributed by atoms with E-state index in [0.717, 1.165) is 0 Å². The number of nitrogens with two attached hydrogens (primary N) is 1. The summed E-state index contributed by atoms with van der Waals surface area (Å²) in [5.41, 5.74) is 2.62. The Hall–Kier alpha value is -2.19. The first kappa shape index (κ1) is 13.2. The Kier molecular flexibility index (Phi) is 3.93. The van der Waals surface area contributed by atoms with E-state index in [9.17, 15) is 4.79 Å². The molecular formula is C10H11ClN6O2. The van der Waals surface area contributed by atoms with Crippen LogP contribution in [0.1, 0.15) is 22.1 Å². The highest BCUT2D eigenvalue weighted by atomic mass is 35.5. The minimum Gasteiger partial charge on any atom is -0.345 e. The number of nitrogen functional groups attached to an aromatic ring is 1. The summed E-state index contributed by atoms with van der Waals surface area (Å²) in [6.07, 6.45) is 1.36. The first-order valence-corrected chi connectivity index (χ1v) is 5.67. The van der Waals surface area contributed by atoms with E-state index >= 15 is 0 Å². The van der Waals surface area contributed by atoms with Crippen LogP contribution in [-0.2, 0) is 6.54 Å². The highest BCUT2D eigenvalue weighted by Crippen LogP contribution is 2.18. The van der Waals surface area contributed by atoms with Gasteiger partial charge in [-0.15, -0.1) is 0 Å². The normalized spacial score (nSPS) is 10.3. The molecule has 100 valence electrons. The fraction of sp³-hybridized carbons (Fsp3) is 0.200. The SMILES string of the molecule is Cc1nc(CNC(=O)c2cnc(NN)c(Cl)c2)no1. The van der Waals surface area contributed by atoms with E-state index in [-0.39, 0.29) is 17.5 Å². The van der Waals surface area contributed by atoms with Crippen molar-refractivity contribution < 1.29 is 9.32 Å². The third-order valence-corrected chi connectivity index (χ3v) is 2.50. The Morgan fingerprint density at radius 1 is 1.58 bits per heavy atom. The van der Waals surface area contributed by atoms with Gasteiger partial charge in [0.2, 0.25) is 5.89 Å². The molecule has 0 spiro atoms. The lowest BCUT2D eigenvalue weighted by Gasteiger charge is -2.05. The summed E-state index contributed by atoms with van der Waals surface area (Å²) in [6.45, 7) is 1.82. The number of carbonyl (C=O) groups is 1. The Bertz CT molecular complexity index is 599. The molecule has 19 heavy (non-hydrogen) atoms. The minimum absolute atomic E-state index is 0.157. The average Bonchev–Trinajstić information content (AvgIpc) is 2.81. The van der Waals surface area contributed by atoms with Crippen LogP contribution >= 0.6 is 11.6 Å². The van der Waals surface area contributed by atoms with Gasteiger partial charge >= 0.3 is 0 Å². The fourth-order valence-electron chi connectivity index (χ4n) is 1.34. The molecule has 0 bridgehead atoms. The maximum Gasteiger partial charge on any atom is 0.253 e. The largest absolute Gasteiger partial charge is 0.345 e. The van der Waals surface area contributed by atoms with Gasteiger partial charge < -0.3 is 15.3 Å². The summed E-state index contributed by atoms with van der Waals surface area (Å²) in [5.74, 6) is 5.97. The predicted molar refractivity (Wildman–Crippen MR) is 67.3 cm³/mol. The van der Waals surface area contributed by atoms with E-state index in [0.29, 0.717) is 23.1 Å². The van der Waals surface area contributed by atoms with Gasteiger partial charge in [0, 0.05) is 13.1 Å². The van der Waals surface area contributed by atoms with Crippen molar-refractivity contribution in [3.8, 4) is 0 Å². The molecule has 2 rings (SSSR count). The number of aryl methyl sites for hydroxylation is 1. The number of nitrogens with one attached hydrogen (secondary N) is 2. The van der Waals surface area contributed by atoms with Crippen molar-refractivity contribution >= 4 is 23.3 Å². The van der Waals surface area contributed by atoms with Crippen LogP contribution < -0.4 is 16.6 Å². The highest BCUT2D eigenvalue weighted by molar-refractivity contribution is 6.33. The Morgan fingerprint density at radius 3 is 2.95 bits per heavy atom. The number of nitrogens with zero attached hydrogens (tertiary/aromatic N) is 3. The van der Waals surface area contributed by atoms with Crippen molar-refractivity contribution in [2.75, 3.05) is 5.43 Å². The van der Waals surface area contributed by atoms with Crippen LogP contribution in [0.3, 0.4) is 0 Å². The van der Waals surface area contributed by atoms with Gasteiger partial charge in [-0.2, -0.15) is 4.98 Å². The molecular weight excluding hydrogens is 272 g/mol. The fourth-order valence-corrected chi connectivity index (χ4v) is 1.56. The molecule has 0 radical (unpaired) electrons. The summed E-state index contributed by atoms with van der Waals surface area (Å²) in [4.78, 5) is 19.7. The highest BCUT2D eigenvalue weighted by Gasteiger charge is 2.10. The molecule has 0 saturated heterocycles. The predicted octanol–water partition coefficient (Wildman–Crippen LogP) is 0.642. The van der Waals surface area contributed by atoms with Crippen LogP contribution in [0.2, 0.25) is 5.02 Å². The van der Waals surface area contributed by atoms with Gasteiger partial charge in [0.25, 0.3) is 5.91 Å². The minimum atomic E-state index is -0.347. The van der Waals surface area contributed by atoms with Crippen LogP contribution in [0.5, 0.6) is 0 Å². The first-order chi connectivity index (χ1) is 9.10. The van der Waals surface area contributed by atoms with Gasteiger partial charge in [0.05, 0.1) is 17.1 Å². The molecule has 9 heteroatoms. The molecule has 0 fully saturated rings. The number of rotatable bonds is 4. The van der Waals surface area contributed by atoms with E-state index in [1.807, 2.05) is 0 Å². The van der Waals surface area contributed by atoms with Crippen molar-refractivity contribution in [3.63, 3.8) is 0 Å². The number of carbonyl (C=O) groups excluding carboxylic acids is 1. The molecule has 0 atom stereocenters. The maximum absolute atomic E-state index is 11.8. The molecule has 2 aromatic heterocycles. The summed E-state index contributed by atoms with van der Waals surface area (Å²) in [7, 11) is 0. The number of aromatic nitrogens is 3. The Labute approximate surface area is 113 Å². The zero-order valence-electron chi connectivity index (χ0n) is 9.98. The molecule has 0 aliphatic carbocycles. The van der Waals surface area contributed by atoms with Gasteiger partial charge in [-0.25, -0.2) is 10.8 Å². The van der Waals surface area contributed by atoms with Crippen LogP contribution in [0.15, 0.2) is 16.8 Å². The third kappa shape index (κ3) is 3.18. The summed E-state index contributed by atoms with van der Waals surface area (Å²) >= 11 is 5.87. The standard InChI is InChI=1S/C10H11ClN6O2/c1-5-15-8(17-19-5)4-14-10(18)6-2-7(11)9(16-12)13-3-6/h2-3H,4,12H2,1H3,(H,13,16)(H,14,18). The number of anilines is 1. The molecule has 0 unspecified atom stereocenters. The van der Waals surface area contributed by atoms with Gasteiger partial charge in [-0.05, 0) is 6.07 Å². The van der Waals surface area contributed by atoms with Gasteiger partial charge in [-0.3, -0.25) is 4.79 Å². The average molecular weight is 283 g/mol. The number of hydrazine groups is 1. The molecule has 0 aliphatic rings. The quantitative estimate of drug-likeness (QED) is 0.556. The third-order valence-electron chi connectivity index (χ3n) is 2.22. The lowest BCUT2D eigenvalue weighted by molar-refractivity contribution is 0.0949. The molecule has 8 nitrogen and oxygen atoms in total. The van der Waals surface area contributed by atoms with Crippen LogP contribution in [0.25, 0.3) is 0 Å². The van der Waals surface area contributed by atoms with Crippen molar-refractivity contribution in [2.45, 2.75) is 13.5 Å². The van der Waals surface area contributed by atoms with Crippen LogP contribution in [0, 0.1) is 6.92 Å². The summed E-state index contributed by atoms with van der Waals surface area (Å²) < 4.78 is 4.78. The summed E-state index contributed by atoms with van der Waals surface area (Å²) in [5, 5.41) is 6.53. The number of halogens is 1. The van der Waals surface area contributed by atoms with E-state index < -0.39 is 0 Å². The van der Waals surface area contributed by atoms with Crippen molar-refractivity contribution in [1.82, 2.24) is 20.4 Å². The number of amides is 1. The van der Waals surface area contributed by atoms with Gasteiger partial charge in [-0.1, -0.05) is 16.8 Å². The van der Waals surface area contributed by atoms with Crippen LogP contribution in [-0.4, -0.2) is 21.0 Å². The van der Waals surface area contributed by atoms with E-state index in [4.69, 9.17) is 22.0 Å². The number of hydrogen-bond acceptors (Lipinski definition) is 7. The van der Waals surface area contributed by atoms with Crippen molar-refractivity contribution in [3.05, 3.63) is 34.6 Å². The number of pyridine rings is 1. The molecule has 4 N–H and O–H groups in total. The molecule has 1 amide bonds. The molecule has 0 aromatic carbocycles. The van der Waals surface area contributed by atoms with Crippen LogP contribution in [0.4, 0.5) is 5.82 Å². The lowest BCUT2D eigenvalue weighted by Crippen LogP contribution is -2.23. The van der Waals surface area contributed by atoms with Gasteiger partial charge in [0.1, 0.15) is 0 Å². The zero-order valence-corrected chi connectivity index (χ0v) is 10.7. The number of hydrogen-bond donors (Lipinski definition) is 3. The smallest absolute Gasteiger partial charge is 0.253 e. The second kappa shape index (κ2) is 5.63. The van der Waals surface area contributed by atoms with Crippen molar-refractivity contribution in [2.24, 2.45) is 5.84 Å². The zero-order chi connectivity index (χ0) is 13.8. The van der Waals surface area contributed by atoms with Gasteiger partial charge in [0.15, 0.2) is 11.6 Å². The van der Waals surface area contributed by atoms with E-state index in [1.54, 1.807) is 6.92 Å². The second-order valence-corrected chi connectivity index (χ2v) is 4.02. The van der Waals surface area contributed by atoms with Crippen molar-refractivity contribution in [1.29, 1.82) is 0 Å². The Balaban J connectivity index is 2.01. The lowest BCUT2D eigenvalue weighted by atomic mass is 10.2. The molecule has 0 saturated carbocycles. The summed E-state index contributed by atoms with van der Waals surface area (Å²) in [6, 6.07) is 1.46. The molecule has 2 heterocycles. The first-order valence-electron chi connectivity index (χ1n) is 5.29. The monoisotopic (exact) mass is 282 g/mol. The second-order valence-electron chi connectivity index (χ2n) is 3.61. The van der Waals surface area contributed by atoms with E-state index in [2.05, 4.69) is 25.9 Å².